The van der Waals surface area contributed by atoms with Crippen molar-refractivity contribution < 1.29 is 23.1 Å². The number of sulfonamides is 1. The van der Waals surface area contributed by atoms with Crippen molar-refractivity contribution in [3.63, 3.8) is 0 Å². The molecule has 0 saturated carbocycles. The minimum absolute atomic E-state index is 0.0291. The third-order valence-corrected chi connectivity index (χ3v) is 4.39. The van der Waals surface area contributed by atoms with E-state index in [1.807, 2.05) is 16.5 Å². The number of carbonyl (C=O) groups is 1. The van der Waals surface area contributed by atoms with Gasteiger partial charge in [-0.15, -0.1) is 0 Å². The Morgan fingerprint density at radius 2 is 2.25 bits per heavy atom. The molecule has 0 unspecified atom stereocenters. The van der Waals surface area contributed by atoms with Gasteiger partial charge in [-0.25, -0.2) is 8.42 Å². The van der Waals surface area contributed by atoms with E-state index in [-0.39, 0.29) is 4.90 Å². The van der Waals surface area contributed by atoms with Gasteiger partial charge in [-0.2, -0.15) is 4.72 Å². The normalized spacial score (nSPS) is 14.6. The lowest BCUT2D eigenvalue weighted by molar-refractivity contribution is -0.135. The highest BCUT2D eigenvalue weighted by atomic mass is 32.2. The second kappa shape index (κ2) is 5.68. The van der Waals surface area contributed by atoms with Crippen LogP contribution < -0.4 is 14.4 Å². The molecule has 1 aliphatic rings. The molecule has 0 aliphatic carbocycles. The van der Waals surface area contributed by atoms with E-state index in [0.717, 1.165) is 6.54 Å². The van der Waals surface area contributed by atoms with Crippen LogP contribution in [0.1, 0.15) is 6.92 Å². The number of aliphatic carboxylic acids is 1. The number of anilines is 1. The number of likely N-dealkylation sites (N-methyl/N-ethyl adjacent to an activating group) is 1. The molecule has 0 fully saturated rings. The molecule has 0 atom stereocenters. The van der Waals surface area contributed by atoms with Gasteiger partial charge in [0.25, 0.3) is 0 Å². The highest BCUT2D eigenvalue weighted by Crippen LogP contribution is 2.33. The number of nitrogens with zero attached hydrogens (tertiary/aromatic N) is 1. The van der Waals surface area contributed by atoms with E-state index in [4.69, 9.17) is 9.84 Å². The van der Waals surface area contributed by atoms with E-state index in [2.05, 4.69) is 0 Å². The molecule has 1 aliphatic heterocycles. The molecule has 0 spiro atoms. The Morgan fingerprint density at radius 3 is 2.90 bits per heavy atom. The number of fused-ring (bicyclic) bond motifs is 1. The summed E-state index contributed by atoms with van der Waals surface area (Å²) < 4.78 is 31.5. The van der Waals surface area contributed by atoms with E-state index in [0.29, 0.717) is 24.6 Å². The minimum Gasteiger partial charge on any atom is -0.490 e. The number of carboxylic acid groups (broad SMARTS) is 1. The Hall–Kier alpha value is -1.80. The number of hydrogen-bond acceptors (Lipinski definition) is 5. The zero-order valence-corrected chi connectivity index (χ0v) is 11.8. The van der Waals surface area contributed by atoms with Gasteiger partial charge < -0.3 is 14.7 Å². The Balaban J connectivity index is 2.32. The fourth-order valence-corrected chi connectivity index (χ4v) is 2.98. The SMILES string of the molecule is CCN1CCOc2ccc(S(=O)(=O)NCC(=O)O)cc21. The van der Waals surface area contributed by atoms with Crippen molar-refractivity contribution in [1.82, 2.24) is 4.72 Å². The molecular formula is C12H16N2O5S. The van der Waals surface area contributed by atoms with E-state index in [1.54, 1.807) is 6.07 Å². The first-order chi connectivity index (χ1) is 9.44. The number of benzene rings is 1. The molecule has 0 amide bonds. The minimum atomic E-state index is -3.83. The van der Waals surface area contributed by atoms with Crippen molar-refractivity contribution in [3.05, 3.63) is 18.2 Å². The maximum absolute atomic E-state index is 12.0. The first-order valence-corrected chi connectivity index (χ1v) is 7.65. The van der Waals surface area contributed by atoms with Crippen molar-refractivity contribution in [3.8, 4) is 5.75 Å². The van der Waals surface area contributed by atoms with Gasteiger partial charge >= 0.3 is 5.97 Å². The summed E-state index contributed by atoms with van der Waals surface area (Å²) in [5.74, 6) is -0.597. The molecule has 0 aromatic heterocycles. The van der Waals surface area contributed by atoms with Crippen LogP contribution >= 0.6 is 0 Å². The predicted molar refractivity (Wildman–Crippen MR) is 72.6 cm³/mol. The first-order valence-electron chi connectivity index (χ1n) is 6.17. The van der Waals surface area contributed by atoms with Crippen molar-refractivity contribution in [1.29, 1.82) is 0 Å². The maximum Gasteiger partial charge on any atom is 0.318 e. The quantitative estimate of drug-likeness (QED) is 0.810. The van der Waals surface area contributed by atoms with Gasteiger partial charge in [-0.1, -0.05) is 0 Å². The molecule has 0 bridgehead atoms. The van der Waals surface area contributed by atoms with Crippen LogP contribution in [0.4, 0.5) is 5.69 Å². The zero-order chi connectivity index (χ0) is 14.8. The van der Waals surface area contributed by atoms with Gasteiger partial charge in [-0.3, -0.25) is 4.79 Å². The molecule has 2 N–H and O–H groups in total. The third-order valence-electron chi connectivity index (χ3n) is 3.00. The zero-order valence-electron chi connectivity index (χ0n) is 11.0. The molecule has 0 saturated heterocycles. The number of rotatable bonds is 5. The largest absolute Gasteiger partial charge is 0.490 e. The van der Waals surface area contributed by atoms with E-state index >= 15 is 0 Å². The van der Waals surface area contributed by atoms with Gasteiger partial charge in [0, 0.05) is 6.54 Å². The van der Waals surface area contributed by atoms with Gasteiger partial charge in [-0.05, 0) is 25.1 Å². The molecule has 1 heterocycles. The standard InChI is InChI=1S/C12H16N2O5S/c1-2-14-5-6-19-11-4-3-9(7-10(11)14)20(17,18)13-8-12(15)16/h3-4,7,13H,2,5-6,8H2,1H3,(H,15,16). The van der Waals surface area contributed by atoms with Crippen LogP contribution in [0.5, 0.6) is 5.75 Å². The lowest BCUT2D eigenvalue weighted by Gasteiger charge is -2.30. The number of ether oxygens (including phenoxy) is 1. The van der Waals surface area contributed by atoms with Gasteiger partial charge in [0.2, 0.25) is 10.0 Å². The van der Waals surface area contributed by atoms with Crippen LogP contribution in [0.2, 0.25) is 0 Å². The summed E-state index contributed by atoms with van der Waals surface area (Å²) in [6, 6.07) is 4.50. The van der Waals surface area contributed by atoms with Crippen LogP contribution in [0, 0.1) is 0 Å². The fourth-order valence-electron chi connectivity index (χ4n) is 1.99. The maximum atomic E-state index is 12.0. The third kappa shape index (κ3) is 3.02. The van der Waals surface area contributed by atoms with Gasteiger partial charge in [0.15, 0.2) is 0 Å². The Kier molecular flexibility index (Phi) is 4.15. The van der Waals surface area contributed by atoms with Crippen LogP contribution in [-0.4, -0.2) is 45.7 Å². The number of nitrogens with one attached hydrogen (secondary N) is 1. The summed E-state index contributed by atoms with van der Waals surface area (Å²) in [5.41, 5.74) is 0.706. The predicted octanol–water partition coefficient (Wildman–Crippen LogP) is 0.268. The lowest BCUT2D eigenvalue weighted by atomic mass is 10.2. The Bertz CT molecular complexity index is 614. The van der Waals surface area contributed by atoms with Crippen LogP contribution in [0.3, 0.4) is 0 Å². The summed E-state index contributed by atoms with van der Waals surface area (Å²) in [5, 5.41) is 8.54. The van der Waals surface area contributed by atoms with Crippen LogP contribution in [-0.2, 0) is 14.8 Å². The van der Waals surface area contributed by atoms with Crippen molar-refractivity contribution in [2.24, 2.45) is 0 Å². The van der Waals surface area contributed by atoms with Crippen LogP contribution in [0.25, 0.3) is 0 Å². The topological polar surface area (TPSA) is 95.9 Å². The molecule has 2 rings (SSSR count). The van der Waals surface area contributed by atoms with Gasteiger partial charge in [0.05, 0.1) is 17.1 Å². The number of hydrogen-bond donors (Lipinski definition) is 2. The summed E-state index contributed by atoms with van der Waals surface area (Å²) in [4.78, 5) is 12.5. The monoisotopic (exact) mass is 300 g/mol. The average Bonchev–Trinajstić information content (AvgIpc) is 2.44. The molecule has 20 heavy (non-hydrogen) atoms. The summed E-state index contributed by atoms with van der Waals surface area (Å²) in [6.07, 6.45) is 0. The smallest absolute Gasteiger partial charge is 0.318 e. The first kappa shape index (κ1) is 14.6. The molecule has 0 radical (unpaired) electrons. The summed E-state index contributed by atoms with van der Waals surface area (Å²) in [7, 11) is -3.83. The lowest BCUT2D eigenvalue weighted by Crippen LogP contribution is -2.33. The van der Waals surface area contributed by atoms with E-state index in [9.17, 15) is 13.2 Å². The highest BCUT2D eigenvalue weighted by Gasteiger charge is 2.22. The van der Waals surface area contributed by atoms with Gasteiger partial charge in [0.1, 0.15) is 18.9 Å². The van der Waals surface area contributed by atoms with E-state index < -0.39 is 22.5 Å². The van der Waals surface area contributed by atoms with Crippen molar-refractivity contribution in [2.45, 2.75) is 11.8 Å². The molecule has 1 aromatic rings. The summed E-state index contributed by atoms with van der Waals surface area (Å²) >= 11 is 0. The molecule has 7 nitrogen and oxygen atoms in total. The second-order valence-electron chi connectivity index (χ2n) is 4.28. The average molecular weight is 300 g/mol. The molecule has 8 heteroatoms. The Morgan fingerprint density at radius 1 is 1.50 bits per heavy atom. The van der Waals surface area contributed by atoms with Crippen molar-refractivity contribution >= 4 is 21.7 Å². The molecular weight excluding hydrogens is 284 g/mol. The van der Waals surface area contributed by atoms with Crippen molar-refractivity contribution in [2.75, 3.05) is 31.1 Å². The fraction of sp³-hybridized carbons (Fsp3) is 0.417. The number of carboxylic acids is 1. The van der Waals surface area contributed by atoms with E-state index in [1.165, 1.54) is 12.1 Å². The second-order valence-corrected chi connectivity index (χ2v) is 6.04. The summed E-state index contributed by atoms with van der Waals surface area (Å²) in [6.45, 7) is 3.31. The Labute approximate surface area is 117 Å². The highest BCUT2D eigenvalue weighted by molar-refractivity contribution is 7.89. The molecule has 110 valence electrons. The van der Waals surface area contributed by atoms with Crippen LogP contribution in [0.15, 0.2) is 23.1 Å². The molecule has 1 aromatic carbocycles.